The second-order valence-corrected chi connectivity index (χ2v) is 10.4. The molecule has 1 aromatic heterocycles. The summed E-state index contributed by atoms with van der Waals surface area (Å²) in [4.78, 5) is 32.1. The molecule has 34 heavy (non-hydrogen) atoms. The minimum atomic E-state index is -0.516. The molecule has 3 aliphatic rings. The van der Waals surface area contributed by atoms with E-state index >= 15 is 0 Å². The molecule has 2 N–H and O–H groups in total. The number of ether oxygens (including phenoxy) is 1. The summed E-state index contributed by atoms with van der Waals surface area (Å²) in [7, 11) is 1.84. The predicted molar refractivity (Wildman–Crippen MR) is 134 cm³/mol. The zero-order valence-electron chi connectivity index (χ0n) is 20.9. The topological polar surface area (TPSA) is 110 Å². The van der Waals surface area contributed by atoms with Gasteiger partial charge in [-0.1, -0.05) is 6.42 Å². The average Bonchev–Trinajstić information content (AvgIpc) is 3.12. The fraction of sp³-hybridized carbons (Fsp3) is 0.625. The van der Waals surface area contributed by atoms with E-state index in [9.17, 15) is 4.79 Å². The molecule has 184 valence electrons. The Kier molecular flexibility index (Phi) is 6.26. The number of anilines is 2. The van der Waals surface area contributed by atoms with Crippen LogP contribution in [0.25, 0.3) is 0 Å². The van der Waals surface area contributed by atoms with E-state index in [0.717, 1.165) is 36.8 Å². The van der Waals surface area contributed by atoms with E-state index in [1.165, 1.54) is 12.0 Å². The van der Waals surface area contributed by atoms with Crippen LogP contribution in [0.3, 0.4) is 0 Å². The van der Waals surface area contributed by atoms with Crippen molar-refractivity contribution in [1.82, 2.24) is 20.2 Å². The van der Waals surface area contributed by atoms with Crippen LogP contribution in [-0.2, 0) is 10.2 Å². The van der Waals surface area contributed by atoms with Gasteiger partial charge in [0.2, 0.25) is 0 Å². The molecule has 1 spiro atoms. The van der Waals surface area contributed by atoms with Gasteiger partial charge in [0.15, 0.2) is 0 Å². The van der Waals surface area contributed by atoms with Crippen LogP contribution in [-0.4, -0.2) is 78.4 Å². The van der Waals surface area contributed by atoms with Gasteiger partial charge in [-0.15, -0.1) is 0 Å². The summed E-state index contributed by atoms with van der Waals surface area (Å²) in [5.74, 6) is 2.71. The smallest absolute Gasteiger partial charge is 0.410 e. The van der Waals surface area contributed by atoms with Gasteiger partial charge in [0.05, 0.1) is 0 Å². The maximum atomic E-state index is 12.7. The van der Waals surface area contributed by atoms with Crippen molar-refractivity contribution in [1.29, 1.82) is 5.41 Å². The summed E-state index contributed by atoms with van der Waals surface area (Å²) < 4.78 is 5.61. The first-order chi connectivity index (χ1) is 16.1. The number of piperazine rings is 1. The van der Waals surface area contributed by atoms with Crippen molar-refractivity contribution in [2.75, 3.05) is 43.0 Å². The monoisotopic (exact) mass is 468 g/mol. The zero-order valence-corrected chi connectivity index (χ0v) is 20.9. The van der Waals surface area contributed by atoms with Gasteiger partial charge in [0.25, 0.3) is 0 Å². The van der Waals surface area contributed by atoms with Crippen LogP contribution in [0.15, 0.2) is 23.2 Å². The number of fused-ring (bicyclic) bond motifs is 2. The Bertz CT molecular complexity index is 1010. The Balaban J connectivity index is 1.63. The highest BCUT2D eigenvalue weighted by Crippen LogP contribution is 2.55. The van der Waals surface area contributed by atoms with Crippen LogP contribution in [0, 0.1) is 5.41 Å². The third-order valence-electron chi connectivity index (χ3n) is 6.91. The van der Waals surface area contributed by atoms with Gasteiger partial charge in [0, 0.05) is 56.3 Å². The van der Waals surface area contributed by atoms with Crippen LogP contribution in [0.4, 0.5) is 16.4 Å². The van der Waals surface area contributed by atoms with Crippen LogP contribution in [0.2, 0.25) is 0 Å². The van der Waals surface area contributed by atoms with E-state index in [0.29, 0.717) is 19.6 Å². The number of nitrogens with one attached hydrogen (secondary N) is 2. The van der Waals surface area contributed by atoms with E-state index in [4.69, 9.17) is 15.1 Å². The van der Waals surface area contributed by atoms with E-state index < -0.39 is 5.60 Å². The van der Waals surface area contributed by atoms with E-state index in [1.807, 2.05) is 32.7 Å². The number of nitrogens with zero attached hydrogens (tertiary/aromatic N) is 6. The summed E-state index contributed by atoms with van der Waals surface area (Å²) in [5.41, 5.74) is 0.660. The highest BCUT2D eigenvalue weighted by atomic mass is 16.6. The quantitative estimate of drug-likeness (QED) is 0.516. The third-order valence-corrected chi connectivity index (χ3v) is 6.91. The minimum absolute atomic E-state index is 0.00278. The summed E-state index contributed by atoms with van der Waals surface area (Å²) in [6.07, 6.45) is 6.37. The van der Waals surface area contributed by atoms with Gasteiger partial charge in [-0.05, 0) is 47.3 Å². The predicted octanol–water partition coefficient (Wildman–Crippen LogP) is 2.90. The number of carbonyl (C=O) groups excluding carboxylic acids is 1. The molecule has 0 bridgehead atoms. The van der Waals surface area contributed by atoms with Crippen molar-refractivity contribution >= 4 is 30.3 Å². The largest absolute Gasteiger partial charge is 0.444 e. The number of amides is 1. The molecule has 1 amide bonds. The Labute approximate surface area is 201 Å². The average molecular weight is 469 g/mol. The molecule has 0 radical (unpaired) electrons. The van der Waals surface area contributed by atoms with Crippen LogP contribution in [0.5, 0.6) is 0 Å². The van der Waals surface area contributed by atoms with Crippen molar-refractivity contribution in [2.24, 2.45) is 4.99 Å². The molecular weight excluding hydrogens is 432 g/mol. The first-order valence-electron chi connectivity index (χ1n) is 11.9. The lowest BCUT2D eigenvalue weighted by Gasteiger charge is -2.44. The Hall–Kier alpha value is -3.17. The molecule has 1 aliphatic carbocycles. The second-order valence-electron chi connectivity index (χ2n) is 10.4. The maximum absolute atomic E-state index is 12.7. The molecular formula is C24H36N8O2. The van der Waals surface area contributed by atoms with Crippen molar-refractivity contribution in [2.45, 2.75) is 64.0 Å². The minimum Gasteiger partial charge on any atom is -0.444 e. The third kappa shape index (κ3) is 4.33. The van der Waals surface area contributed by atoms with E-state index in [-0.39, 0.29) is 23.4 Å². The van der Waals surface area contributed by atoms with Crippen LogP contribution >= 0.6 is 0 Å². The van der Waals surface area contributed by atoms with Crippen molar-refractivity contribution < 1.29 is 9.53 Å². The van der Waals surface area contributed by atoms with Crippen molar-refractivity contribution in [3.05, 3.63) is 23.8 Å². The molecule has 0 aromatic carbocycles. The Morgan fingerprint density at radius 1 is 1.32 bits per heavy atom. The normalized spacial score (nSPS) is 21.7. The molecule has 1 saturated heterocycles. The Morgan fingerprint density at radius 2 is 2.03 bits per heavy atom. The maximum Gasteiger partial charge on any atom is 0.410 e. The van der Waals surface area contributed by atoms with Gasteiger partial charge < -0.3 is 24.8 Å². The molecule has 2 fully saturated rings. The molecule has 1 aromatic rings. The standard InChI is InChI=1S/C24H36N8O2/c1-16-13-30(10-11-31(16)22(33)34-23(2,3)4)20-19-21(29-15-28-20)32(14-24(19)8-7-9-24)18(27-6)12-17(25)26-5/h12,15-16,25,27H,5,7-11,13-14H2,1-4,6H3/b18-12+,25-17?/t16-/m1/s1. The number of aliphatic imine (C=N–C) groups is 1. The summed E-state index contributed by atoms with van der Waals surface area (Å²) in [6, 6.07) is -0.00374. The lowest BCUT2D eigenvalue weighted by Crippen LogP contribution is -2.55. The number of rotatable bonds is 4. The number of hydrogen-bond donors (Lipinski definition) is 2. The van der Waals surface area contributed by atoms with Gasteiger partial charge in [-0.25, -0.2) is 19.8 Å². The van der Waals surface area contributed by atoms with Gasteiger partial charge in [-0.2, -0.15) is 0 Å². The highest BCUT2D eigenvalue weighted by Gasteiger charge is 2.51. The summed E-state index contributed by atoms with van der Waals surface area (Å²) in [5, 5.41) is 11.2. The SMILES string of the molecule is C=NC(=N)/C=C(\NC)N1CC2(CCC2)c2c(N3CCN(C(=O)OC(C)(C)C)[C@H](C)C3)ncnc21. The molecule has 2 aliphatic heterocycles. The molecule has 1 atom stereocenters. The fourth-order valence-electron chi connectivity index (χ4n) is 5.16. The van der Waals surface area contributed by atoms with Crippen molar-refractivity contribution in [3.63, 3.8) is 0 Å². The Morgan fingerprint density at radius 3 is 2.59 bits per heavy atom. The molecule has 0 unspecified atom stereocenters. The highest BCUT2D eigenvalue weighted by molar-refractivity contribution is 5.94. The van der Waals surface area contributed by atoms with E-state index in [1.54, 1.807) is 12.4 Å². The molecule has 10 heteroatoms. The molecule has 3 heterocycles. The number of carbonyl (C=O) groups is 1. The first-order valence-corrected chi connectivity index (χ1v) is 11.9. The lowest BCUT2D eigenvalue weighted by molar-refractivity contribution is 0.0158. The van der Waals surface area contributed by atoms with Crippen LogP contribution < -0.4 is 15.1 Å². The number of aromatic nitrogens is 2. The van der Waals surface area contributed by atoms with E-state index in [2.05, 4.69) is 38.7 Å². The fourth-order valence-corrected chi connectivity index (χ4v) is 5.16. The number of hydrogen-bond acceptors (Lipinski definition) is 8. The summed E-state index contributed by atoms with van der Waals surface area (Å²) in [6.45, 7) is 13.9. The first kappa shape index (κ1) is 24.0. The summed E-state index contributed by atoms with van der Waals surface area (Å²) >= 11 is 0. The zero-order chi connectivity index (χ0) is 24.7. The molecule has 1 saturated carbocycles. The van der Waals surface area contributed by atoms with Gasteiger partial charge >= 0.3 is 6.09 Å². The lowest BCUT2D eigenvalue weighted by atomic mass is 9.66. The van der Waals surface area contributed by atoms with Gasteiger partial charge in [0.1, 0.15) is 35.2 Å². The van der Waals surface area contributed by atoms with Crippen molar-refractivity contribution in [3.8, 4) is 0 Å². The molecule has 10 nitrogen and oxygen atoms in total. The number of amidine groups is 1. The van der Waals surface area contributed by atoms with Crippen LogP contribution in [0.1, 0.15) is 52.5 Å². The van der Waals surface area contributed by atoms with Gasteiger partial charge in [-0.3, -0.25) is 5.41 Å². The second kappa shape index (κ2) is 8.88. The molecule has 4 rings (SSSR count).